The molecule has 1 aliphatic heterocycles. The van der Waals surface area contributed by atoms with Crippen LogP contribution in [-0.2, 0) is 15.1 Å². The van der Waals surface area contributed by atoms with E-state index in [1.54, 1.807) is 23.1 Å². The predicted octanol–water partition coefficient (Wildman–Crippen LogP) is 1.08. The molecule has 0 fully saturated rings. The molecule has 1 aromatic carbocycles. The lowest BCUT2D eigenvalue weighted by molar-refractivity contribution is -0.144. The van der Waals surface area contributed by atoms with Crippen molar-refractivity contribution in [1.82, 2.24) is 0 Å². The summed E-state index contributed by atoms with van der Waals surface area (Å²) in [5.74, 6) is -0.689. The first kappa shape index (κ1) is 14.3. The van der Waals surface area contributed by atoms with Gasteiger partial charge in [-0.2, -0.15) is 0 Å². The minimum absolute atomic E-state index is 0.136. The van der Waals surface area contributed by atoms with Gasteiger partial charge in [0.2, 0.25) is 5.91 Å². The number of rotatable bonds is 3. The van der Waals surface area contributed by atoms with Gasteiger partial charge in [-0.1, -0.05) is 0 Å². The highest BCUT2D eigenvalue weighted by molar-refractivity contribution is 5.96. The number of carbonyl (C=O) groups excluding carboxylic acids is 1. The summed E-state index contributed by atoms with van der Waals surface area (Å²) in [4.78, 5) is 24.7. The van der Waals surface area contributed by atoms with Crippen LogP contribution >= 0.6 is 0 Å². The molecule has 0 aliphatic carbocycles. The van der Waals surface area contributed by atoms with Crippen molar-refractivity contribution in [2.75, 3.05) is 18.1 Å². The average molecular weight is 278 g/mol. The van der Waals surface area contributed by atoms with E-state index >= 15 is 0 Å². The third-order valence-electron chi connectivity index (χ3n) is 3.54. The molecule has 2 rings (SSSR count). The van der Waals surface area contributed by atoms with Crippen molar-refractivity contribution in [3.63, 3.8) is 0 Å². The van der Waals surface area contributed by atoms with Crippen molar-refractivity contribution in [2.45, 2.75) is 25.8 Å². The zero-order valence-electron chi connectivity index (χ0n) is 11.5. The molecule has 1 aromatic rings. The minimum Gasteiger partial charge on any atom is -0.494 e. The lowest BCUT2D eigenvalue weighted by atomic mass is 9.82. The van der Waals surface area contributed by atoms with E-state index in [9.17, 15) is 14.7 Å². The van der Waals surface area contributed by atoms with Crippen LogP contribution < -0.4 is 15.4 Å². The number of nitrogens with two attached hydrogens (primary N) is 1. The Morgan fingerprint density at radius 3 is 2.75 bits per heavy atom. The Kier molecular flexibility index (Phi) is 3.67. The third-order valence-corrected chi connectivity index (χ3v) is 3.54. The summed E-state index contributed by atoms with van der Waals surface area (Å²) in [6.07, 6.45) is 0.171. The van der Waals surface area contributed by atoms with Crippen LogP contribution in [0.2, 0.25) is 0 Å². The van der Waals surface area contributed by atoms with E-state index in [1.165, 1.54) is 6.92 Å². The molecular weight excluding hydrogens is 260 g/mol. The van der Waals surface area contributed by atoms with Crippen LogP contribution in [-0.4, -0.2) is 30.1 Å². The number of anilines is 1. The maximum atomic E-state index is 11.7. The Balaban J connectivity index is 2.58. The first-order valence-corrected chi connectivity index (χ1v) is 6.48. The van der Waals surface area contributed by atoms with Crippen molar-refractivity contribution < 1.29 is 19.4 Å². The first-order valence-electron chi connectivity index (χ1n) is 6.48. The van der Waals surface area contributed by atoms with Crippen LogP contribution in [0.5, 0.6) is 5.75 Å². The molecule has 0 bridgehead atoms. The zero-order chi connectivity index (χ0) is 14.9. The fourth-order valence-electron chi connectivity index (χ4n) is 2.46. The number of carboxylic acids is 1. The number of carbonyl (C=O) groups is 2. The molecular formula is C14H18N2O4. The minimum atomic E-state index is -1.49. The normalized spacial score (nSPS) is 21.2. The van der Waals surface area contributed by atoms with Crippen LogP contribution in [0.15, 0.2) is 18.2 Å². The zero-order valence-corrected chi connectivity index (χ0v) is 11.5. The van der Waals surface area contributed by atoms with Crippen molar-refractivity contribution in [3.05, 3.63) is 23.8 Å². The van der Waals surface area contributed by atoms with Crippen molar-refractivity contribution in [2.24, 2.45) is 5.73 Å². The van der Waals surface area contributed by atoms with E-state index in [2.05, 4.69) is 0 Å². The second-order valence-electron chi connectivity index (χ2n) is 4.81. The maximum absolute atomic E-state index is 11.7. The molecule has 0 saturated carbocycles. The lowest BCUT2D eigenvalue weighted by Gasteiger charge is -2.38. The van der Waals surface area contributed by atoms with Gasteiger partial charge in [0.15, 0.2) is 0 Å². The lowest BCUT2D eigenvalue weighted by Crippen LogP contribution is -2.52. The molecule has 108 valence electrons. The van der Waals surface area contributed by atoms with Gasteiger partial charge >= 0.3 is 5.97 Å². The molecule has 1 atom stereocenters. The van der Waals surface area contributed by atoms with Gasteiger partial charge in [0.05, 0.1) is 6.61 Å². The number of aliphatic carboxylic acids is 1. The average Bonchev–Trinajstić information content (AvgIpc) is 2.39. The summed E-state index contributed by atoms with van der Waals surface area (Å²) in [6.45, 7) is 4.05. The fourth-order valence-corrected chi connectivity index (χ4v) is 2.46. The Morgan fingerprint density at radius 2 is 2.20 bits per heavy atom. The van der Waals surface area contributed by atoms with Gasteiger partial charge in [0.25, 0.3) is 0 Å². The van der Waals surface area contributed by atoms with E-state index in [-0.39, 0.29) is 12.3 Å². The topological polar surface area (TPSA) is 92.9 Å². The molecule has 6 heteroatoms. The number of hydrogen-bond acceptors (Lipinski definition) is 4. The summed E-state index contributed by atoms with van der Waals surface area (Å²) in [5.41, 5.74) is 5.51. The molecule has 1 amide bonds. The molecule has 1 heterocycles. The number of carboxylic acid groups (broad SMARTS) is 1. The number of benzene rings is 1. The summed E-state index contributed by atoms with van der Waals surface area (Å²) >= 11 is 0. The highest BCUT2D eigenvalue weighted by atomic mass is 16.5. The maximum Gasteiger partial charge on any atom is 0.328 e. The van der Waals surface area contributed by atoms with Crippen LogP contribution in [0.4, 0.5) is 5.69 Å². The van der Waals surface area contributed by atoms with Gasteiger partial charge in [0, 0.05) is 24.7 Å². The summed E-state index contributed by atoms with van der Waals surface area (Å²) < 4.78 is 5.39. The number of nitrogens with zero attached hydrogens (tertiary/aromatic N) is 1. The van der Waals surface area contributed by atoms with Crippen LogP contribution in [0, 0.1) is 0 Å². The van der Waals surface area contributed by atoms with Gasteiger partial charge < -0.3 is 20.5 Å². The SMILES string of the molecule is CCOc1ccc2c(c1)C(N)(C(=O)O)CCN2C(C)=O. The number of fused-ring (bicyclic) bond motifs is 1. The molecule has 1 unspecified atom stereocenters. The quantitative estimate of drug-likeness (QED) is 0.863. The van der Waals surface area contributed by atoms with E-state index in [4.69, 9.17) is 10.5 Å². The molecule has 20 heavy (non-hydrogen) atoms. The predicted molar refractivity (Wildman–Crippen MR) is 73.8 cm³/mol. The number of hydrogen-bond donors (Lipinski definition) is 2. The van der Waals surface area contributed by atoms with Gasteiger partial charge in [-0.15, -0.1) is 0 Å². The van der Waals surface area contributed by atoms with Crippen LogP contribution in [0.1, 0.15) is 25.8 Å². The number of ether oxygens (including phenoxy) is 1. The third kappa shape index (κ3) is 2.22. The largest absolute Gasteiger partial charge is 0.494 e. The van der Waals surface area contributed by atoms with Crippen LogP contribution in [0.25, 0.3) is 0 Å². The monoisotopic (exact) mass is 278 g/mol. The van der Waals surface area contributed by atoms with E-state index in [0.717, 1.165) is 0 Å². The Hall–Kier alpha value is -2.08. The molecule has 6 nitrogen and oxygen atoms in total. The van der Waals surface area contributed by atoms with Crippen molar-refractivity contribution in [1.29, 1.82) is 0 Å². The highest BCUT2D eigenvalue weighted by Gasteiger charge is 2.43. The Labute approximate surface area is 117 Å². The summed E-state index contributed by atoms with van der Waals surface area (Å²) in [7, 11) is 0. The first-order chi connectivity index (χ1) is 9.40. The van der Waals surface area contributed by atoms with Crippen LogP contribution in [0.3, 0.4) is 0 Å². The van der Waals surface area contributed by atoms with E-state index in [0.29, 0.717) is 30.2 Å². The van der Waals surface area contributed by atoms with Gasteiger partial charge in [-0.3, -0.25) is 4.79 Å². The smallest absolute Gasteiger partial charge is 0.328 e. The Morgan fingerprint density at radius 1 is 1.50 bits per heavy atom. The molecule has 3 N–H and O–H groups in total. The number of amides is 1. The molecule has 0 aromatic heterocycles. The molecule has 0 radical (unpaired) electrons. The fraction of sp³-hybridized carbons (Fsp3) is 0.429. The van der Waals surface area contributed by atoms with Gasteiger partial charge in [-0.25, -0.2) is 4.79 Å². The van der Waals surface area contributed by atoms with Gasteiger partial charge in [0.1, 0.15) is 11.3 Å². The highest BCUT2D eigenvalue weighted by Crippen LogP contribution is 2.39. The molecule has 0 saturated heterocycles. The summed E-state index contributed by atoms with van der Waals surface area (Å²) in [6, 6.07) is 5.01. The van der Waals surface area contributed by atoms with Crippen molar-refractivity contribution >= 4 is 17.6 Å². The van der Waals surface area contributed by atoms with E-state index < -0.39 is 11.5 Å². The second-order valence-corrected chi connectivity index (χ2v) is 4.81. The van der Waals surface area contributed by atoms with E-state index in [1.807, 2.05) is 6.92 Å². The standard InChI is InChI=1S/C14H18N2O4/c1-3-20-10-4-5-12-11(8-10)14(15,13(18)19)6-7-16(12)9(2)17/h4-5,8H,3,6-7,15H2,1-2H3,(H,18,19). The Bertz CT molecular complexity index is 558. The van der Waals surface area contributed by atoms with Crippen molar-refractivity contribution in [3.8, 4) is 5.75 Å². The summed E-state index contributed by atoms with van der Waals surface area (Å²) in [5, 5.41) is 9.42. The van der Waals surface area contributed by atoms with Gasteiger partial charge in [-0.05, 0) is 31.5 Å². The second kappa shape index (κ2) is 5.13. The molecule has 0 spiro atoms. The molecule has 1 aliphatic rings.